The average molecular weight is 345 g/mol. The number of aryl methyl sites for hydroxylation is 1. The smallest absolute Gasteiger partial charge is 0.265 e. The first-order chi connectivity index (χ1) is 12.1. The van der Waals surface area contributed by atoms with Crippen LogP contribution >= 0.6 is 0 Å². The van der Waals surface area contributed by atoms with Crippen LogP contribution in [0.2, 0.25) is 0 Å². The van der Waals surface area contributed by atoms with Crippen molar-refractivity contribution < 1.29 is 9.18 Å². The Morgan fingerprint density at radius 2 is 2.12 bits per heavy atom. The van der Waals surface area contributed by atoms with E-state index in [0.29, 0.717) is 17.0 Å². The normalized spacial score (nSPS) is 20.6. The van der Waals surface area contributed by atoms with Crippen LogP contribution in [0.5, 0.6) is 0 Å². The Bertz CT molecular complexity index is 810. The number of alkyl halides is 1. The van der Waals surface area contributed by atoms with Crippen LogP contribution in [0.1, 0.15) is 49.4 Å². The maximum absolute atomic E-state index is 12.8. The van der Waals surface area contributed by atoms with Crippen molar-refractivity contribution in [2.75, 3.05) is 6.67 Å². The summed E-state index contributed by atoms with van der Waals surface area (Å²) >= 11 is 0. The molecule has 1 saturated carbocycles. The Hall–Kier alpha value is -2.24. The Morgan fingerprint density at radius 1 is 1.36 bits per heavy atom. The van der Waals surface area contributed by atoms with Crippen molar-refractivity contribution >= 4 is 16.9 Å². The van der Waals surface area contributed by atoms with Crippen LogP contribution < -0.4 is 10.9 Å². The molecule has 25 heavy (non-hydrogen) atoms. The van der Waals surface area contributed by atoms with E-state index in [1.54, 1.807) is 18.3 Å². The SMILES string of the molecule is CC1CCC(NC(=O)c2cc3cccnc3n(CCCF)c2=O)CC1. The van der Waals surface area contributed by atoms with Gasteiger partial charge in [-0.3, -0.25) is 18.5 Å². The molecule has 0 atom stereocenters. The second-order valence-corrected chi connectivity index (χ2v) is 6.90. The van der Waals surface area contributed by atoms with Gasteiger partial charge in [-0.25, -0.2) is 4.98 Å². The van der Waals surface area contributed by atoms with Crippen LogP contribution in [0.15, 0.2) is 29.2 Å². The van der Waals surface area contributed by atoms with Gasteiger partial charge in [-0.2, -0.15) is 0 Å². The predicted molar refractivity (Wildman–Crippen MR) is 95.5 cm³/mol. The van der Waals surface area contributed by atoms with E-state index in [-0.39, 0.29) is 30.5 Å². The first-order valence-corrected chi connectivity index (χ1v) is 8.95. The summed E-state index contributed by atoms with van der Waals surface area (Å²) in [6.07, 6.45) is 5.88. The van der Waals surface area contributed by atoms with E-state index in [0.717, 1.165) is 25.7 Å². The largest absolute Gasteiger partial charge is 0.349 e. The first-order valence-electron chi connectivity index (χ1n) is 8.95. The number of aromatic nitrogens is 2. The van der Waals surface area contributed by atoms with Gasteiger partial charge in [-0.1, -0.05) is 6.92 Å². The van der Waals surface area contributed by atoms with E-state index in [1.165, 1.54) is 4.57 Å². The molecule has 0 aromatic carbocycles. The van der Waals surface area contributed by atoms with Gasteiger partial charge >= 0.3 is 0 Å². The number of hydrogen-bond donors (Lipinski definition) is 1. The lowest BCUT2D eigenvalue weighted by atomic mass is 9.87. The molecule has 0 spiro atoms. The number of hydrogen-bond acceptors (Lipinski definition) is 3. The predicted octanol–water partition coefficient (Wildman–Crippen LogP) is 3.06. The molecular weight excluding hydrogens is 321 g/mol. The van der Waals surface area contributed by atoms with Crippen molar-refractivity contribution in [2.24, 2.45) is 5.92 Å². The molecule has 134 valence electrons. The van der Waals surface area contributed by atoms with Gasteiger partial charge in [0.15, 0.2) is 0 Å². The Kier molecular flexibility index (Phi) is 5.46. The van der Waals surface area contributed by atoms with Gasteiger partial charge < -0.3 is 5.32 Å². The van der Waals surface area contributed by atoms with E-state index in [2.05, 4.69) is 17.2 Å². The molecule has 0 aliphatic heterocycles. The van der Waals surface area contributed by atoms with Gasteiger partial charge in [0.2, 0.25) is 0 Å². The summed E-state index contributed by atoms with van der Waals surface area (Å²) in [5.41, 5.74) is 0.197. The summed E-state index contributed by atoms with van der Waals surface area (Å²) in [4.78, 5) is 29.7. The van der Waals surface area contributed by atoms with Gasteiger partial charge in [0.1, 0.15) is 11.2 Å². The maximum atomic E-state index is 12.8. The van der Waals surface area contributed by atoms with Crippen molar-refractivity contribution in [1.29, 1.82) is 0 Å². The van der Waals surface area contributed by atoms with Crippen LogP contribution in [-0.4, -0.2) is 28.2 Å². The van der Waals surface area contributed by atoms with Crippen molar-refractivity contribution in [3.63, 3.8) is 0 Å². The highest BCUT2D eigenvalue weighted by Crippen LogP contribution is 2.23. The second-order valence-electron chi connectivity index (χ2n) is 6.90. The average Bonchev–Trinajstić information content (AvgIpc) is 2.62. The molecule has 2 aromatic heterocycles. The third-order valence-corrected chi connectivity index (χ3v) is 4.96. The monoisotopic (exact) mass is 345 g/mol. The minimum Gasteiger partial charge on any atom is -0.349 e. The number of amides is 1. The fourth-order valence-electron chi connectivity index (χ4n) is 3.46. The molecule has 0 radical (unpaired) electrons. The molecular formula is C19H24FN3O2. The molecule has 2 aromatic rings. The topological polar surface area (TPSA) is 64.0 Å². The van der Waals surface area contributed by atoms with E-state index in [4.69, 9.17) is 0 Å². The number of fused-ring (bicyclic) bond motifs is 1. The number of nitrogens with one attached hydrogen (secondary N) is 1. The van der Waals surface area contributed by atoms with E-state index in [1.807, 2.05) is 6.07 Å². The van der Waals surface area contributed by atoms with Crippen molar-refractivity contribution in [1.82, 2.24) is 14.9 Å². The molecule has 1 aliphatic rings. The van der Waals surface area contributed by atoms with Crippen LogP contribution in [0.4, 0.5) is 4.39 Å². The van der Waals surface area contributed by atoms with E-state index in [9.17, 15) is 14.0 Å². The molecule has 2 heterocycles. The molecule has 1 amide bonds. The van der Waals surface area contributed by atoms with Gasteiger partial charge in [-0.15, -0.1) is 0 Å². The van der Waals surface area contributed by atoms with Crippen molar-refractivity contribution in [3.8, 4) is 0 Å². The molecule has 1 aliphatic carbocycles. The Balaban J connectivity index is 1.91. The third-order valence-electron chi connectivity index (χ3n) is 4.96. The minimum atomic E-state index is -0.516. The van der Waals surface area contributed by atoms with Gasteiger partial charge in [0, 0.05) is 24.2 Å². The first kappa shape index (κ1) is 17.6. The summed E-state index contributed by atoms with van der Waals surface area (Å²) < 4.78 is 14.0. The second kappa shape index (κ2) is 7.76. The van der Waals surface area contributed by atoms with Crippen LogP contribution in [0.3, 0.4) is 0 Å². The molecule has 6 heteroatoms. The minimum absolute atomic E-state index is 0.109. The summed E-state index contributed by atoms with van der Waals surface area (Å²) in [5, 5.41) is 3.71. The summed E-state index contributed by atoms with van der Waals surface area (Å²) in [6.45, 7) is 1.92. The standard InChI is InChI=1S/C19H24FN3O2/c1-13-5-7-15(8-6-13)22-18(24)16-12-14-4-2-10-21-17(14)23(19(16)25)11-3-9-20/h2,4,10,12-13,15H,3,5-9,11H2,1H3,(H,22,24). The quantitative estimate of drug-likeness (QED) is 0.906. The number of rotatable bonds is 5. The van der Waals surface area contributed by atoms with Crippen LogP contribution in [-0.2, 0) is 6.54 Å². The number of carbonyl (C=O) groups is 1. The van der Waals surface area contributed by atoms with Crippen molar-refractivity contribution in [3.05, 3.63) is 40.3 Å². The van der Waals surface area contributed by atoms with Gasteiger partial charge in [0.05, 0.1) is 6.67 Å². The highest BCUT2D eigenvalue weighted by Gasteiger charge is 2.22. The zero-order chi connectivity index (χ0) is 17.8. The molecule has 0 unspecified atom stereocenters. The zero-order valence-electron chi connectivity index (χ0n) is 14.5. The molecule has 0 saturated heterocycles. The lowest BCUT2D eigenvalue weighted by Crippen LogP contribution is -2.40. The zero-order valence-corrected chi connectivity index (χ0v) is 14.5. The van der Waals surface area contributed by atoms with Gasteiger partial charge in [0.25, 0.3) is 11.5 Å². The number of nitrogens with zero attached hydrogens (tertiary/aromatic N) is 2. The number of pyridine rings is 2. The summed E-state index contributed by atoms with van der Waals surface area (Å²) in [7, 11) is 0. The lowest BCUT2D eigenvalue weighted by Gasteiger charge is -2.26. The van der Waals surface area contributed by atoms with E-state index < -0.39 is 12.2 Å². The Labute approximate surface area is 146 Å². The molecule has 5 nitrogen and oxygen atoms in total. The number of halogens is 1. The Morgan fingerprint density at radius 3 is 2.84 bits per heavy atom. The van der Waals surface area contributed by atoms with Gasteiger partial charge in [-0.05, 0) is 56.2 Å². The highest BCUT2D eigenvalue weighted by atomic mass is 19.1. The number of carbonyl (C=O) groups excluding carboxylic acids is 1. The van der Waals surface area contributed by atoms with Crippen LogP contribution in [0, 0.1) is 5.92 Å². The van der Waals surface area contributed by atoms with Crippen molar-refractivity contribution in [2.45, 2.75) is 51.6 Å². The summed E-state index contributed by atoms with van der Waals surface area (Å²) in [5.74, 6) is 0.349. The fraction of sp³-hybridized carbons (Fsp3) is 0.526. The summed E-state index contributed by atoms with van der Waals surface area (Å²) in [6, 6.07) is 5.28. The molecule has 1 fully saturated rings. The molecule has 0 bridgehead atoms. The lowest BCUT2D eigenvalue weighted by molar-refractivity contribution is 0.0921. The third kappa shape index (κ3) is 3.89. The fourth-order valence-corrected chi connectivity index (χ4v) is 3.46. The highest BCUT2D eigenvalue weighted by molar-refractivity contribution is 5.97. The van der Waals surface area contributed by atoms with Crippen LogP contribution in [0.25, 0.3) is 11.0 Å². The molecule has 3 rings (SSSR count). The van der Waals surface area contributed by atoms with E-state index >= 15 is 0 Å². The maximum Gasteiger partial charge on any atom is 0.265 e. The molecule has 1 N–H and O–H groups in total.